The van der Waals surface area contributed by atoms with Gasteiger partial charge in [-0.15, -0.1) is 0 Å². The van der Waals surface area contributed by atoms with Gasteiger partial charge in [0.1, 0.15) is 0 Å². The second-order valence-electron chi connectivity index (χ2n) is 20.1. The smallest absolute Gasteiger partial charge is 0.0620 e. The summed E-state index contributed by atoms with van der Waals surface area (Å²) < 4.78 is 819. The molecule has 0 fully saturated rings. The van der Waals surface area contributed by atoms with Crippen molar-refractivity contribution in [3.8, 4) is 0 Å². The lowest BCUT2D eigenvalue weighted by Gasteiger charge is -2.32. The summed E-state index contributed by atoms with van der Waals surface area (Å²) in [6.07, 6.45) is 0. The summed E-state index contributed by atoms with van der Waals surface area (Å²) in [5.74, 6) is 0. The zero-order chi connectivity index (χ0) is 158. The normalized spacial score (nSPS) is 33.8. The zero-order valence-corrected chi connectivity index (χ0v) is 49.4. The molecule has 0 unspecified atom stereocenters. The minimum atomic E-state index is -4.24. The number of aryl methyl sites for hydroxylation is 3. The summed E-state index contributed by atoms with van der Waals surface area (Å²) in [5.41, 5.74) is -48.9. The Balaban J connectivity index is 0.00000116. The minimum absolute atomic E-state index is 0.0539. The predicted molar refractivity (Wildman–Crippen MR) is 410 cm³/mol. The number of hydrogen-bond acceptors (Lipinski definition) is 0. The molecular weight excluding hydrogens is 1080 g/mol. The Morgan fingerprint density at radius 1 is 0.244 bits per heavy atom. The van der Waals surface area contributed by atoms with Gasteiger partial charge in [0, 0.05) is 127 Å². The van der Waals surface area contributed by atoms with E-state index in [1.165, 1.54) is 64.1 Å². The predicted octanol–water partition coefficient (Wildman–Crippen LogP) is 27.2. The van der Waals surface area contributed by atoms with Crippen molar-refractivity contribution in [2.75, 3.05) is 0 Å². The van der Waals surface area contributed by atoms with Crippen molar-refractivity contribution in [2.45, 2.75) is 315 Å². The molecule has 7 rings (SSSR count). The van der Waals surface area contributed by atoms with E-state index in [1.54, 1.807) is 6.92 Å². The quantitative estimate of drug-likeness (QED) is 0.142. The summed E-state index contributed by atoms with van der Waals surface area (Å²) in [6.45, 7) is -107. The first-order chi connectivity index (χ1) is 84.0. The van der Waals surface area contributed by atoms with Crippen molar-refractivity contribution < 1.29 is 144 Å². The van der Waals surface area contributed by atoms with E-state index in [0.29, 0.717) is 13.0 Å². The van der Waals surface area contributed by atoms with Crippen LogP contribution in [0, 0.1) is 55.3 Å². The molecule has 0 nitrogen and oxygen atoms in total. The van der Waals surface area contributed by atoms with Crippen LogP contribution in [-0.2, 0) is 54.1 Å². The Bertz CT molecular complexity index is 6710. The van der Waals surface area contributed by atoms with Crippen molar-refractivity contribution in [2.24, 2.45) is 0 Å². The molecular formula is C90H138. The van der Waals surface area contributed by atoms with E-state index in [9.17, 15) is 0 Å². The van der Waals surface area contributed by atoms with Gasteiger partial charge in [-0.25, -0.2) is 0 Å². The van der Waals surface area contributed by atoms with E-state index >= 15 is 0 Å². The second kappa shape index (κ2) is 32.4. The van der Waals surface area contributed by atoms with Gasteiger partial charge in [-0.3, -0.25) is 0 Å². The van der Waals surface area contributed by atoms with Gasteiger partial charge in [0.25, 0.3) is 0 Å². The molecule has 90 heavy (non-hydrogen) atoms. The summed E-state index contributed by atoms with van der Waals surface area (Å²) in [7, 11) is 0. The van der Waals surface area contributed by atoms with E-state index < -0.39 is 400 Å². The fraction of sp³-hybridized carbons (Fsp3) is 0.533. The van der Waals surface area contributed by atoms with Gasteiger partial charge in [-0.2, -0.15) is 0 Å². The number of hydrogen-bond donors (Lipinski definition) is 0. The topological polar surface area (TPSA) is 0 Å². The van der Waals surface area contributed by atoms with E-state index in [2.05, 4.69) is 0 Å². The maximum Gasteiger partial charge on any atom is 0.0629 e. The first-order valence-electron chi connectivity index (χ1n) is 77.7. The van der Waals surface area contributed by atoms with Crippen LogP contribution in [0.4, 0.5) is 0 Å². The van der Waals surface area contributed by atoms with Crippen LogP contribution in [0.2, 0.25) is 0 Å². The van der Waals surface area contributed by atoms with Crippen LogP contribution in [0.1, 0.15) is 450 Å². The van der Waals surface area contributed by atoms with E-state index in [1.807, 2.05) is 0 Å². The lowest BCUT2D eigenvalue weighted by Crippen LogP contribution is -2.23. The summed E-state index contributed by atoms with van der Waals surface area (Å²) in [4.78, 5) is 0. The van der Waals surface area contributed by atoms with Crippen LogP contribution in [-0.4, -0.2) is 0 Å². The molecule has 0 bridgehead atoms. The van der Waals surface area contributed by atoms with Gasteiger partial charge in [-0.1, -0.05) is 373 Å². The van der Waals surface area contributed by atoms with Gasteiger partial charge in [0.2, 0.25) is 0 Å². The van der Waals surface area contributed by atoms with E-state index in [0.717, 1.165) is 30.7 Å². The molecule has 0 aliphatic rings. The monoisotopic (exact) mass is 1320 g/mol. The SMILES string of the molecule is [2H]C([2H])([2H])C(c1cc(C(C([2H])([2H])[2H])(C([2H])([2H])[2H])C([2H])([2H])[2H])c(C)c(C(C([2H])([2H])[2H])(C([2H])([2H])[2H])C([2H])([2H])[2H])c1)(C([2H])([2H])[2H])C([2H])([2H])[2H].[2H]C([2H])([2H])C(c1cc(C)cc(C(C([2H])([2H])[2H])(C([2H])([2H])[2H])C([2H])([2H])[2H])c1)(C([2H])([2H])[2H])C([2H])([2H])[2H].[2H]C([2H])([2H])C(c1ccc(C)cc1)(C([2H])([2H])[2H])C([2H])([2H])[2H].[2H]C([2H])([2H])c1cccc(C(C([2H])([2H])[2H])(C([2H])([2H])[2H])C([2H])([2H])[2H])c1C.[2H]c1c([2H])c(C(C([2H])([2H])[2H])(C([2H])([2H])[2H])C([2H])([2H])[2H])c([2H])c([2H])c1C.[2H]c1c([2H])c(C)c([2H])c(C(C([2H])([2H])[2H])(C([2H])([2H])[2H])C([2H])([2H])[2H])c1[2H].[2H]c1c([2H])c([2H])c(C(C([2H])([2H])[2H])(C([2H])([2H])[2H])C([2H])([2H])[2H])c(C)c1[2H]. The summed E-state index contributed by atoms with van der Waals surface area (Å²) in [6, 6.07) is 1.54. The van der Waals surface area contributed by atoms with Crippen molar-refractivity contribution in [3.63, 3.8) is 0 Å². The third kappa shape index (κ3) is 29.0. The van der Waals surface area contributed by atoms with Crippen LogP contribution in [0.3, 0.4) is 0 Å². The van der Waals surface area contributed by atoms with E-state index in [4.69, 9.17) is 144 Å². The van der Waals surface area contributed by atoms with Crippen LogP contribution in [0.5, 0.6) is 0 Å². The molecule has 0 aliphatic heterocycles. The third-order valence-electron chi connectivity index (χ3n) is 11.3. The maximum absolute atomic E-state index is 8.12. The molecule has 0 heterocycles. The van der Waals surface area contributed by atoms with Crippen molar-refractivity contribution in [3.05, 3.63) is 245 Å². The zero-order valence-electron chi connectivity index (χ0n) is 154. The first-order valence-corrected chi connectivity index (χ1v) is 25.2. The molecule has 498 valence electrons. The van der Waals surface area contributed by atoms with Gasteiger partial charge in [0.05, 0.1) is 16.4 Å². The first kappa shape index (κ1) is 16.4. The standard InChI is InChI=1S/C19H32.C15H24.C12H18.4C11H16/c1-13-15(18(5,6)7)11-14(17(2,3)4)12-16(13)19(8,9)10;1-11-8-12(14(2,3)4)10-13(9-11)15(5,6)7;1-9-7-6-8-11(10(9)2)12(3,4)5;2*1-9-5-7-10(8-6-9)11(2,3)4;1-9-6-5-7-10(8-9)11(2,3)4;1-9-7-5-6-8-10(9)11(2,3)4/h11-12H,1-10H3;8-10H,1-7H3;6-8H,1-5H3;4*5-8H,1-4H3/i2D3,3D3,4D3,5D3,6D3,7D3,8D3,9D3,10D3;2D3,3D3,4D3,5D3,6D3,7D3;1D3,3D3,4D3,5D3;2D3,3D3,4D3,5D,6D,7D,8D;2D3,3D3,4D3;2*2D3,3D3,4D3,5D,6D,7D,8D. The molecule has 7 aromatic carbocycles. The van der Waals surface area contributed by atoms with Gasteiger partial charge in [0.15, 0.2) is 0 Å². The van der Waals surface area contributed by atoms with Crippen LogP contribution in [0.25, 0.3) is 0 Å². The molecule has 0 saturated carbocycles. The maximum atomic E-state index is 8.12. The van der Waals surface area contributed by atoms with Crippen molar-refractivity contribution in [1.82, 2.24) is 0 Å². The molecule has 0 amide bonds. The number of benzene rings is 7. The molecule has 0 aromatic heterocycles. The van der Waals surface area contributed by atoms with Crippen molar-refractivity contribution >= 4 is 0 Å². The van der Waals surface area contributed by atoms with Gasteiger partial charge >= 0.3 is 0 Å². The molecule has 0 N–H and O–H groups in total. The lowest BCUT2D eigenvalue weighted by atomic mass is 9.73. The Morgan fingerprint density at radius 3 is 1.10 bits per heavy atom. The molecule has 0 spiro atoms. The van der Waals surface area contributed by atoms with Crippen molar-refractivity contribution in [1.29, 1.82) is 0 Å². The molecule has 0 atom stereocenters. The molecule has 0 heteroatoms. The van der Waals surface area contributed by atoms with E-state index in [-0.39, 0.29) is 45.5 Å². The average Bonchev–Trinajstić information content (AvgIpc) is 0.667. The number of rotatable bonds is 0. The fourth-order valence-electron chi connectivity index (χ4n) is 6.71. The minimum Gasteiger partial charge on any atom is -0.0620 e. The van der Waals surface area contributed by atoms with Crippen LogP contribution >= 0.6 is 0 Å². The van der Waals surface area contributed by atoms with Gasteiger partial charge < -0.3 is 0 Å². The Labute approximate surface area is 707 Å². The lowest BCUT2D eigenvalue weighted by molar-refractivity contribution is 0.542. The largest absolute Gasteiger partial charge is 0.0629 e. The Hall–Kier alpha value is -5.46. The third-order valence-corrected chi connectivity index (χ3v) is 11.3. The summed E-state index contributed by atoms with van der Waals surface area (Å²) >= 11 is 0. The fourth-order valence-corrected chi connectivity index (χ4v) is 6.71. The Morgan fingerprint density at radius 2 is 0.644 bits per heavy atom. The summed E-state index contributed by atoms with van der Waals surface area (Å²) in [5, 5.41) is 0. The molecule has 7 aromatic rings. The highest BCUT2D eigenvalue weighted by Crippen LogP contribution is 2.38. The molecule has 0 aliphatic carbocycles. The highest BCUT2D eigenvalue weighted by atomic mass is 14.3. The Kier molecular flexibility index (Phi) is 5.91. The highest BCUT2D eigenvalue weighted by molar-refractivity contribution is 5.47. The van der Waals surface area contributed by atoms with Gasteiger partial charge in [-0.05, 0) is 187 Å². The highest BCUT2D eigenvalue weighted by Gasteiger charge is 2.28. The molecule has 0 saturated heterocycles. The average molecular weight is 1330 g/mol. The van der Waals surface area contributed by atoms with Crippen LogP contribution in [0.15, 0.2) is 145 Å². The van der Waals surface area contributed by atoms with Crippen LogP contribution < -0.4 is 0 Å². The second-order valence-corrected chi connectivity index (χ2v) is 20.1. The molecule has 0 radical (unpaired) electrons.